The van der Waals surface area contributed by atoms with Crippen LogP contribution in [0.4, 0.5) is 0 Å². The standard InChI is InChI=1S/C10H15O2PS2/c1-10(2,3)8-4-6-9(7-5-8)15-13(11,12)14/h4-7H,1-3H3,(H2,11,12,14). The van der Waals surface area contributed by atoms with E-state index < -0.39 is 5.69 Å². The van der Waals surface area contributed by atoms with Crippen molar-refractivity contribution in [2.24, 2.45) is 0 Å². The number of hydrogen-bond acceptors (Lipinski definition) is 2. The maximum absolute atomic E-state index is 9.14. The molecule has 0 saturated heterocycles. The van der Waals surface area contributed by atoms with Crippen LogP contribution < -0.4 is 0 Å². The van der Waals surface area contributed by atoms with Gasteiger partial charge in [-0.2, -0.15) is 0 Å². The average Bonchev–Trinajstić information content (AvgIpc) is 2.00. The molecule has 0 aromatic heterocycles. The number of rotatable bonds is 2. The van der Waals surface area contributed by atoms with Crippen molar-refractivity contribution in [1.29, 1.82) is 0 Å². The van der Waals surface area contributed by atoms with E-state index in [1.54, 1.807) is 0 Å². The van der Waals surface area contributed by atoms with Crippen molar-refractivity contribution in [1.82, 2.24) is 0 Å². The molecule has 2 nitrogen and oxygen atoms in total. The second-order valence-corrected chi connectivity index (χ2v) is 10.3. The van der Waals surface area contributed by atoms with Crippen molar-refractivity contribution in [2.75, 3.05) is 0 Å². The van der Waals surface area contributed by atoms with Crippen LogP contribution >= 0.6 is 17.1 Å². The van der Waals surface area contributed by atoms with E-state index in [0.29, 0.717) is 0 Å². The first-order valence-corrected chi connectivity index (χ1v) is 8.67. The van der Waals surface area contributed by atoms with E-state index in [1.165, 1.54) is 5.56 Å². The van der Waals surface area contributed by atoms with Gasteiger partial charge < -0.3 is 9.79 Å². The molecule has 0 fully saturated rings. The second-order valence-electron chi connectivity index (χ2n) is 4.36. The van der Waals surface area contributed by atoms with Gasteiger partial charge in [-0.25, -0.2) is 0 Å². The fraction of sp³-hybridized carbons (Fsp3) is 0.400. The molecule has 2 N–H and O–H groups in total. The molecule has 15 heavy (non-hydrogen) atoms. The summed E-state index contributed by atoms with van der Waals surface area (Å²) < 4.78 is 0. The van der Waals surface area contributed by atoms with Gasteiger partial charge in [0.25, 0.3) is 0 Å². The Balaban J connectivity index is 2.87. The van der Waals surface area contributed by atoms with Crippen LogP contribution in [0.3, 0.4) is 0 Å². The van der Waals surface area contributed by atoms with Gasteiger partial charge in [0.2, 0.25) is 5.69 Å². The molecule has 0 saturated carbocycles. The molecule has 0 radical (unpaired) electrons. The minimum atomic E-state index is -3.19. The van der Waals surface area contributed by atoms with E-state index in [2.05, 4.69) is 32.6 Å². The van der Waals surface area contributed by atoms with Gasteiger partial charge in [0.15, 0.2) is 0 Å². The highest BCUT2D eigenvalue weighted by atomic mass is 32.9. The van der Waals surface area contributed by atoms with Gasteiger partial charge in [0.05, 0.1) is 0 Å². The van der Waals surface area contributed by atoms with Crippen LogP contribution in [-0.4, -0.2) is 9.79 Å². The molecular formula is C10H15O2PS2. The zero-order valence-corrected chi connectivity index (χ0v) is 11.5. The Morgan fingerprint density at radius 3 is 1.93 bits per heavy atom. The minimum Gasteiger partial charge on any atom is -0.337 e. The first kappa shape index (κ1) is 13.2. The smallest absolute Gasteiger partial charge is 0.246 e. The van der Waals surface area contributed by atoms with Crippen molar-refractivity contribution >= 4 is 28.9 Å². The van der Waals surface area contributed by atoms with Crippen molar-refractivity contribution in [3.05, 3.63) is 29.8 Å². The largest absolute Gasteiger partial charge is 0.337 e. The topological polar surface area (TPSA) is 40.5 Å². The molecule has 1 aromatic rings. The Bertz CT molecular complexity index is 375. The summed E-state index contributed by atoms with van der Waals surface area (Å²) in [7, 11) is 0. The average molecular weight is 262 g/mol. The molecule has 1 rings (SSSR count). The van der Waals surface area contributed by atoms with Gasteiger partial charge in [-0.15, -0.1) is 0 Å². The lowest BCUT2D eigenvalue weighted by Crippen LogP contribution is -2.10. The van der Waals surface area contributed by atoms with E-state index in [-0.39, 0.29) is 5.41 Å². The van der Waals surface area contributed by atoms with E-state index in [9.17, 15) is 0 Å². The summed E-state index contributed by atoms with van der Waals surface area (Å²) in [6.45, 7) is 6.41. The van der Waals surface area contributed by atoms with Gasteiger partial charge in [-0.3, -0.25) is 0 Å². The predicted octanol–water partition coefficient (Wildman–Crippen LogP) is 3.29. The first-order valence-electron chi connectivity index (χ1n) is 4.54. The predicted molar refractivity (Wildman–Crippen MR) is 69.7 cm³/mol. The summed E-state index contributed by atoms with van der Waals surface area (Å²) in [5, 5.41) is 0. The van der Waals surface area contributed by atoms with Gasteiger partial charge in [0.1, 0.15) is 0 Å². The van der Waals surface area contributed by atoms with E-state index in [4.69, 9.17) is 9.79 Å². The van der Waals surface area contributed by atoms with Crippen molar-refractivity contribution in [2.45, 2.75) is 31.1 Å². The molecule has 0 heterocycles. The Morgan fingerprint density at radius 1 is 1.13 bits per heavy atom. The lowest BCUT2D eigenvalue weighted by molar-refractivity contribution is 0.502. The summed E-state index contributed by atoms with van der Waals surface area (Å²) >= 11 is 5.52. The van der Waals surface area contributed by atoms with Gasteiger partial charge in [0, 0.05) is 4.90 Å². The summed E-state index contributed by atoms with van der Waals surface area (Å²) in [5.74, 6) is 0. The summed E-state index contributed by atoms with van der Waals surface area (Å²) in [6.07, 6.45) is 0. The number of benzene rings is 1. The highest BCUT2D eigenvalue weighted by Crippen LogP contribution is 2.54. The summed E-state index contributed by atoms with van der Waals surface area (Å²) in [4.78, 5) is 19.1. The fourth-order valence-corrected chi connectivity index (χ4v) is 3.65. The highest BCUT2D eigenvalue weighted by Gasteiger charge is 2.14. The second kappa shape index (κ2) is 4.56. The van der Waals surface area contributed by atoms with Crippen LogP contribution in [0.2, 0.25) is 0 Å². The Labute approximate surface area is 99.6 Å². The van der Waals surface area contributed by atoms with Gasteiger partial charge in [-0.05, 0) is 46.3 Å². The van der Waals surface area contributed by atoms with E-state index in [1.807, 2.05) is 24.3 Å². The third-order valence-corrected chi connectivity index (χ3v) is 4.68. The summed E-state index contributed by atoms with van der Waals surface area (Å²) in [6, 6.07) is 7.73. The lowest BCUT2D eigenvalue weighted by Gasteiger charge is -2.19. The zero-order chi connectivity index (χ0) is 11.7. The molecule has 0 unspecified atom stereocenters. The Morgan fingerprint density at radius 2 is 1.60 bits per heavy atom. The lowest BCUT2D eigenvalue weighted by atomic mass is 9.87. The zero-order valence-electron chi connectivity index (χ0n) is 8.97. The third kappa shape index (κ3) is 4.66. The Kier molecular flexibility index (Phi) is 4.01. The summed E-state index contributed by atoms with van der Waals surface area (Å²) in [5.41, 5.74) is -1.86. The molecule has 1 aromatic carbocycles. The number of hydrogen-bond donors (Lipinski definition) is 2. The molecule has 0 aliphatic rings. The van der Waals surface area contributed by atoms with Gasteiger partial charge >= 0.3 is 0 Å². The van der Waals surface area contributed by atoms with E-state index >= 15 is 0 Å². The molecule has 0 bridgehead atoms. The normalized spacial score (nSPS) is 12.9. The first-order chi connectivity index (χ1) is 6.68. The van der Waals surface area contributed by atoms with Crippen molar-refractivity contribution < 1.29 is 9.79 Å². The van der Waals surface area contributed by atoms with Crippen LogP contribution in [0, 0.1) is 0 Å². The molecule has 0 aliphatic carbocycles. The van der Waals surface area contributed by atoms with Crippen LogP contribution in [0.15, 0.2) is 29.2 Å². The van der Waals surface area contributed by atoms with Crippen LogP contribution in [0.1, 0.15) is 26.3 Å². The monoisotopic (exact) mass is 262 g/mol. The van der Waals surface area contributed by atoms with Crippen LogP contribution in [0.25, 0.3) is 0 Å². The quantitative estimate of drug-likeness (QED) is 0.802. The van der Waals surface area contributed by atoms with Gasteiger partial charge in [-0.1, -0.05) is 32.9 Å². The maximum atomic E-state index is 9.14. The maximum Gasteiger partial charge on any atom is 0.246 e. The van der Waals surface area contributed by atoms with E-state index in [0.717, 1.165) is 16.3 Å². The molecular weight excluding hydrogens is 247 g/mol. The molecule has 0 atom stereocenters. The molecule has 84 valence electrons. The van der Waals surface area contributed by atoms with Crippen molar-refractivity contribution in [3.63, 3.8) is 0 Å². The highest BCUT2D eigenvalue weighted by molar-refractivity contribution is 8.67. The van der Waals surface area contributed by atoms with Crippen molar-refractivity contribution in [3.8, 4) is 0 Å². The molecule has 0 spiro atoms. The van der Waals surface area contributed by atoms with Crippen LogP contribution in [0.5, 0.6) is 0 Å². The Hall–Kier alpha value is 0.140. The molecule has 5 heteroatoms. The van der Waals surface area contributed by atoms with Crippen LogP contribution in [-0.2, 0) is 17.2 Å². The molecule has 0 aliphatic heterocycles. The SMILES string of the molecule is CC(C)(C)c1ccc(SP(O)(O)=S)cc1. The molecule has 0 amide bonds. The minimum absolute atomic E-state index is 0.113. The third-order valence-electron chi connectivity index (χ3n) is 1.94. The fourth-order valence-electron chi connectivity index (χ4n) is 1.15.